The van der Waals surface area contributed by atoms with Gasteiger partial charge >= 0.3 is 5.97 Å². The average molecular weight is 223 g/mol. The second kappa shape index (κ2) is 4.96. The van der Waals surface area contributed by atoms with Crippen molar-refractivity contribution in [1.29, 1.82) is 0 Å². The van der Waals surface area contributed by atoms with E-state index in [0.29, 0.717) is 0 Å². The molecule has 4 heteroatoms. The molecule has 0 aliphatic rings. The van der Waals surface area contributed by atoms with Crippen molar-refractivity contribution in [3.63, 3.8) is 0 Å². The van der Waals surface area contributed by atoms with Gasteiger partial charge in [-0.05, 0) is 32.4 Å². The highest BCUT2D eigenvalue weighted by Gasteiger charge is 2.15. The first-order valence-electron chi connectivity index (χ1n) is 5.46. The molecule has 0 fully saturated rings. The van der Waals surface area contributed by atoms with E-state index in [2.05, 4.69) is 0 Å². The van der Waals surface area contributed by atoms with Gasteiger partial charge in [-0.1, -0.05) is 13.3 Å². The number of aryl methyl sites for hydroxylation is 1. The van der Waals surface area contributed by atoms with Crippen LogP contribution in [-0.2, 0) is 6.42 Å². The highest BCUT2D eigenvalue weighted by atomic mass is 16.4. The molecule has 88 valence electrons. The maximum atomic E-state index is 11.9. The summed E-state index contributed by atoms with van der Waals surface area (Å²) in [6, 6.07) is 3.11. The van der Waals surface area contributed by atoms with Crippen LogP contribution in [-0.4, -0.2) is 15.6 Å². The lowest BCUT2D eigenvalue weighted by Crippen LogP contribution is -2.30. The van der Waals surface area contributed by atoms with Gasteiger partial charge in [0.1, 0.15) is 5.56 Å². The second-order valence-electron chi connectivity index (χ2n) is 4.06. The van der Waals surface area contributed by atoms with Crippen molar-refractivity contribution in [2.45, 2.75) is 39.7 Å². The number of carboxylic acids is 1. The lowest BCUT2D eigenvalue weighted by molar-refractivity contribution is 0.0694. The Labute approximate surface area is 94.5 Å². The lowest BCUT2D eigenvalue weighted by atomic mass is 10.1. The molecule has 0 saturated heterocycles. The van der Waals surface area contributed by atoms with E-state index in [1.165, 1.54) is 6.07 Å². The summed E-state index contributed by atoms with van der Waals surface area (Å²) in [5.74, 6) is -1.16. The molecular weight excluding hydrogens is 206 g/mol. The average Bonchev–Trinajstić information content (AvgIpc) is 2.17. The van der Waals surface area contributed by atoms with Crippen LogP contribution in [0.2, 0.25) is 0 Å². The maximum absolute atomic E-state index is 11.9. The van der Waals surface area contributed by atoms with Crippen molar-refractivity contribution < 1.29 is 9.90 Å². The molecule has 1 rings (SSSR count). The third-order valence-corrected chi connectivity index (χ3v) is 2.45. The Kier molecular flexibility index (Phi) is 3.88. The quantitative estimate of drug-likeness (QED) is 0.850. The summed E-state index contributed by atoms with van der Waals surface area (Å²) in [5.41, 5.74) is 0.328. The van der Waals surface area contributed by atoms with Crippen molar-refractivity contribution >= 4 is 5.97 Å². The third kappa shape index (κ3) is 2.32. The van der Waals surface area contributed by atoms with Gasteiger partial charge in [0.2, 0.25) is 0 Å². The maximum Gasteiger partial charge on any atom is 0.341 e. The molecule has 1 N–H and O–H groups in total. The SMILES string of the molecule is CCCc1ccc(C(=O)O)c(=O)n1C(C)C. The predicted octanol–water partition coefficient (Wildman–Crippen LogP) is 2.08. The molecule has 0 aliphatic carbocycles. The standard InChI is InChI=1S/C12H17NO3/c1-4-5-9-6-7-10(12(15)16)11(14)13(9)8(2)3/h6-8H,4-5H2,1-3H3,(H,15,16). The van der Waals surface area contributed by atoms with Crippen molar-refractivity contribution in [2.24, 2.45) is 0 Å². The summed E-state index contributed by atoms with van der Waals surface area (Å²) in [6.07, 6.45) is 1.71. The fourth-order valence-electron chi connectivity index (χ4n) is 1.78. The van der Waals surface area contributed by atoms with Crippen molar-refractivity contribution in [2.75, 3.05) is 0 Å². The molecule has 0 bridgehead atoms. The number of hydrogen-bond donors (Lipinski definition) is 1. The smallest absolute Gasteiger partial charge is 0.341 e. The summed E-state index contributed by atoms with van der Waals surface area (Å²) in [7, 11) is 0. The molecule has 4 nitrogen and oxygen atoms in total. The summed E-state index contributed by atoms with van der Waals surface area (Å²) in [6.45, 7) is 5.79. The van der Waals surface area contributed by atoms with E-state index in [9.17, 15) is 9.59 Å². The number of carboxylic acid groups (broad SMARTS) is 1. The van der Waals surface area contributed by atoms with Gasteiger partial charge < -0.3 is 9.67 Å². The predicted molar refractivity (Wildman–Crippen MR) is 62.0 cm³/mol. The lowest BCUT2D eigenvalue weighted by Gasteiger charge is -2.16. The van der Waals surface area contributed by atoms with Crippen molar-refractivity contribution in [3.05, 3.63) is 33.7 Å². The van der Waals surface area contributed by atoms with Crippen LogP contribution in [0.1, 0.15) is 49.3 Å². The van der Waals surface area contributed by atoms with Crippen LogP contribution in [0.15, 0.2) is 16.9 Å². The molecule has 1 heterocycles. The van der Waals surface area contributed by atoms with E-state index >= 15 is 0 Å². The van der Waals surface area contributed by atoms with E-state index in [-0.39, 0.29) is 11.6 Å². The molecule has 16 heavy (non-hydrogen) atoms. The van der Waals surface area contributed by atoms with Gasteiger partial charge in [-0.15, -0.1) is 0 Å². The largest absolute Gasteiger partial charge is 0.477 e. The molecule has 0 atom stereocenters. The topological polar surface area (TPSA) is 59.3 Å². The molecular formula is C12H17NO3. The van der Waals surface area contributed by atoms with E-state index in [0.717, 1.165) is 18.5 Å². The number of aromatic carboxylic acids is 1. The van der Waals surface area contributed by atoms with Gasteiger partial charge in [-0.25, -0.2) is 4.79 Å². The molecule has 0 amide bonds. The summed E-state index contributed by atoms with van der Waals surface area (Å²) in [4.78, 5) is 22.8. The second-order valence-corrected chi connectivity index (χ2v) is 4.06. The van der Waals surface area contributed by atoms with E-state index < -0.39 is 11.5 Å². The van der Waals surface area contributed by atoms with Crippen LogP contribution < -0.4 is 5.56 Å². The Bertz CT molecular complexity index is 446. The zero-order valence-corrected chi connectivity index (χ0v) is 9.86. The van der Waals surface area contributed by atoms with E-state index in [1.807, 2.05) is 20.8 Å². The number of aromatic nitrogens is 1. The van der Waals surface area contributed by atoms with Crippen LogP contribution in [0.25, 0.3) is 0 Å². The zero-order chi connectivity index (χ0) is 12.3. The fourth-order valence-corrected chi connectivity index (χ4v) is 1.78. The van der Waals surface area contributed by atoms with Gasteiger partial charge in [-0.2, -0.15) is 0 Å². The van der Waals surface area contributed by atoms with Gasteiger partial charge in [-0.3, -0.25) is 4.79 Å². The Hall–Kier alpha value is -1.58. The third-order valence-electron chi connectivity index (χ3n) is 2.45. The summed E-state index contributed by atoms with van der Waals surface area (Å²) >= 11 is 0. The Balaban J connectivity index is 3.42. The van der Waals surface area contributed by atoms with Crippen LogP contribution in [0.5, 0.6) is 0 Å². The number of carbonyl (C=O) groups is 1. The zero-order valence-electron chi connectivity index (χ0n) is 9.86. The summed E-state index contributed by atoms with van der Waals surface area (Å²) in [5, 5.41) is 8.88. The molecule has 0 aliphatic heterocycles. The molecule has 0 radical (unpaired) electrons. The normalized spacial score (nSPS) is 10.8. The van der Waals surface area contributed by atoms with E-state index in [1.54, 1.807) is 10.6 Å². The van der Waals surface area contributed by atoms with Gasteiger partial charge in [0.05, 0.1) is 0 Å². The Morgan fingerprint density at radius 1 is 1.44 bits per heavy atom. The molecule has 0 saturated carbocycles. The van der Waals surface area contributed by atoms with Gasteiger partial charge in [0.15, 0.2) is 0 Å². The fraction of sp³-hybridized carbons (Fsp3) is 0.500. The molecule has 0 spiro atoms. The van der Waals surface area contributed by atoms with Gasteiger partial charge in [0, 0.05) is 11.7 Å². The molecule has 1 aromatic rings. The highest BCUT2D eigenvalue weighted by molar-refractivity contribution is 5.87. The first kappa shape index (κ1) is 12.5. The van der Waals surface area contributed by atoms with Crippen LogP contribution in [0, 0.1) is 0 Å². The monoisotopic (exact) mass is 223 g/mol. The minimum absolute atomic E-state index is 0.0200. The first-order chi connectivity index (χ1) is 7.49. The number of hydrogen-bond acceptors (Lipinski definition) is 2. The van der Waals surface area contributed by atoms with Crippen LogP contribution >= 0.6 is 0 Å². The molecule has 1 aromatic heterocycles. The van der Waals surface area contributed by atoms with Crippen molar-refractivity contribution in [3.8, 4) is 0 Å². The minimum Gasteiger partial charge on any atom is -0.477 e. The number of pyridine rings is 1. The molecule has 0 aromatic carbocycles. The Morgan fingerprint density at radius 2 is 2.06 bits per heavy atom. The molecule has 0 unspecified atom stereocenters. The number of nitrogens with zero attached hydrogens (tertiary/aromatic N) is 1. The van der Waals surface area contributed by atoms with E-state index in [4.69, 9.17) is 5.11 Å². The summed E-state index contributed by atoms with van der Waals surface area (Å²) < 4.78 is 1.56. The van der Waals surface area contributed by atoms with Crippen molar-refractivity contribution in [1.82, 2.24) is 4.57 Å². The number of rotatable bonds is 4. The van der Waals surface area contributed by atoms with Crippen LogP contribution in [0.4, 0.5) is 0 Å². The van der Waals surface area contributed by atoms with Gasteiger partial charge in [0.25, 0.3) is 5.56 Å². The van der Waals surface area contributed by atoms with Crippen LogP contribution in [0.3, 0.4) is 0 Å². The first-order valence-corrected chi connectivity index (χ1v) is 5.46. The Morgan fingerprint density at radius 3 is 2.50 bits per heavy atom. The minimum atomic E-state index is -1.16. The highest BCUT2D eigenvalue weighted by Crippen LogP contribution is 2.09.